The molecule has 0 aliphatic rings. The number of methoxy groups -OCH3 is 1. The summed E-state index contributed by atoms with van der Waals surface area (Å²) >= 11 is 5.85. The van der Waals surface area contributed by atoms with Gasteiger partial charge in [0.2, 0.25) is 5.91 Å². The number of esters is 1. The molecule has 0 saturated carbocycles. The van der Waals surface area contributed by atoms with E-state index in [1.165, 1.54) is 20.2 Å². The SMILES string of the molecule is C=CCOC(=O)c1c(I)c(NC(=O)COC)c(I)c(C(=O)NC)c1I. The highest BCUT2D eigenvalue weighted by Gasteiger charge is 2.28. The lowest BCUT2D eigenvalue weighted by molar-refractivity contribution is -0.119. The Hall–Kier alpha value is -0.480. The average Bonchev–Trinajstić information content (AvgIpc) is 2.56. The Labute approximate surface area is 186 Å². The zero-order valence-electron chi connectivity index (χ0n) is 13.4. The minimum absolute atomic E-state index is 0.0393. The van der Waals surface area contributed by atoms with E-state index in [-0.39, 0.29) is 24.7 Å². The van der Waals surface area contributed by atoms with Crippen LogP contribution in [0.3, 0.4) is 0 Å². The Balaban J connectivity index is 3.60. The van der Waals surface area contributed by atoms with Gasteiger partial charge < -0.3 is 20.1 Å². The first kappa shape index (κ1) is 22.6. The summed E-state index contributed by atoms with van der Waals surface area (Å²) in [5, 5.41) is 5.23. The van der Waals surface area contributed by atoms with Crippen LogP contribution in [-0.4, -0.2) is 45.2 Å². The average molecular weight is 684 g/mol. The summed E-state index contributed by atoms with van der Waals surface area (Å²) in [4.78, 5) is 36.7. The number of anilines is 1. The quantitative estimate of drug-likeness (QED) is 0.262. The summed E-state index contributed by atoms with van der Waals surface area (Å²) in [6, 6.07) is 0. The molecule has 2 N–H and O–H groups in total. The van der Waals surface area contributed by atoms with Crippen molar-refractivity contribution < 1.29 is 23.9 Å². The van der Waals surface area contributed by atoms with Crippen molar-refractivity contribution in [2.75, 3.05) is 32.7 Å². The number of benzene rings is 1. The molecule has 0 aliphatic carbocycles. The molecule has 0 saturated heterocycles. The molecule has 1 aromatic rings. The molecule has 0 unspecified atom stereocenters. The second kappa shape index (κ2) is 10.6. The van der Waals surface area contributed by atoms with E-state index in [1.54, 1.807) is 0 Å². The molecule has 7 nitrogen and oxygen atoms in total. The lowest BCUT2D eigenvalue weighted by atomic mass is 10.1. The van der Waals surface area contributed by atoms with Gasteiger partial charge in [0.1, 0.15) is 13.2 Å². The molecular weight excluding hydrogens is 669 g/mol. The summed E-state index contributed by atoms with van der Waals surface area (Å²) in [6.07, 6.45) is 1.45. The molecule has 0 radical (unpaired) electrons. The zero-order chi connectivity index (χ0) is 19.1. The van der Waals surface area contributed by atoms with E-state index in [0.717, 1.165) is 0 Å². The maximum Gasteiger partial charge on any atom is 0.340 e. The van der Waals surface area contributed by atoms with Crippen LogP contribution in [0, 0.1) is 10.7 Å². The molecule has 0 aromatic heterocycles. The number of carbonyl (C=O) groups is 3. The number of carbonyl (C=O) groups excluding carboxylic acids is 3. The standard InChI is InChI=1S/C15H15I3N2O5/c1-4-5-25-15(23)9-10(16)8(14(22)19-2)11(17)13(12(9)18)20-7(21)6-24-3/h4H,1,5-6H2,2-3H3,(H,19,22)(H,20,21). The highest BCUT2D eigenvalue weighted by atomic mass is 127. The predicted molar refractivity (Wildman–Crippen MR) is 119 cm³/mol. The number of nitrogens with one attached hydrogen (secondary N) is 2. The molecule has 0 aliphatic heterocycles. The maximum atomic E-state index is 12.4. The van der Waals surface area contributed by atoms with Gasteiger partial charge >= 0.3 is 5.97 Å². The topological polar surface area (TPSA) is 93.7 Å². The predicted octanol–water partition coefficient (Wildman–Crippen LogP) is 2.79. The first-order valence-corrected chi connectivity index (χ1v) is 10.0. The molecule has 2 amide bonds. The van der Waals surface area contributed by atoms with Crippen LogP contribution in [0.2, 0.25) is 0 Å². The second-order valence-electron chi connectivity index (χ2n) is 4.51. The molecule has 25 heavy (non-hydrogen) atoms. The molecule has 1 rings (SSSR count). The van der Waals surface area contributed by atoms with Crippen molar-refractivity contribution in [3.8, 4) is 0 Å². The van der Waals surface area contributed by atoms with Crippen molar-refractivity contribution in [3.63, 3.8) is 0 Å². The monoisotopic (exact) mass is 684 g/mol. The third kappa shape index (κ3) is 5.50. The van der Waals surface area contributed by atoms with Gasteiger partial charge in [0.15, 0.2) is 0 Å². The van der Waals surface area contributed by atoms with Gasteiger partial charge in [-0.3, -0.25) is 9.59 Å². The van der Waals surface area contributed by atoms with E-state index in [2.05, 4.69) is 17.2 Å². The minimum atomic E-state index is -0.600. The number of ether oxygens (including phenoxy) is 2. The van der Waals surface area contributed by atoms with E-state index < -0.39 is 11.9 Å². The van der Waals surface area contributed by atoms with E-state index in [1.807, 2.05) is 67.8 Å². The van der Waals surface area contributed by atoms with E-state index in [4.69, 9.17) is 9.47 Å². The number of halogens is 3. The van der Waals surface area contributed by atoms with Gasteiger partial charge in [0, 0.05) is 17.7 Å². The lowest BCUT2D eigenvalue weighted by Gasteiger charge is -2.18. The summed E-state index contributed by atoms with van der Waals surface area (Å²) in [6.45, 7) is 3.39. The molecule has 0 heterocycles. The minimum Gasteiger partial charge on any atom is -0.458 e. The van der Waals surface area contributed by atoms with Crippen LogP contribution in [0.1, 0.15) is 20.7 Å². The van der Waals surface area contributed by atoms with Crippen molar-refractivity contribution >= 4 is 91.2 Å². The number of hydrogen-bond donors (Lipinski definition) is 2. The van der Waals surface area contributed by atoms with Gasteiger partial charge in [0.05, 0.1) is 24.0 Å². The van der Waals surface area contributed by atoms with Crippen LogP contribution in [0.25, 0.3) is 0 Å². The van der Waals surface area contributed by atoms with Gasteiger partial charge in [0.25, 0.3) is 5.91 Å². The Morgan fingerprint density at radius 2 is 1.72 bits per heavy atom. The molecule has 0 bridgehead atoms. The van der Waals surface area contributed by atoms with Crippen LogP contribution in [0.15, 0.2) is 12.7 Å². The lowest BCUT2D eigenvalue weighted by Crippen LogP contribution is -2.26. The third-order valence-electron chi connectivity index (χ3n) is 2.85. The largest absolute Gasteiger partial charge is 0.458 e. The van der Waals surface area contributed by atoms with Crippen molar-refractivity contribution in [2.24, 2.45) is 0 Å². The Morgan fingerprint density at radius 3 is 2.24 bits per heavy atom. The molecule has 10 heteroatoms. The Kier molecular flexibility index (Phi) is 9.58. The number of rotatable bonds is 7. The fourth-order valence-electron chi connectivity index (χ4n) is 1.79. The zero-order valence-corrected chi connectivity index (χ0v) is 19.8. The van der Waals surface area contributed by atoms with E-state index in [0.29, 0.717) is 22.0 Å². The highest BCUT2D eigenvalue weighted by molar-refractivity contribution is 14.1. The van der Waals surface area contributed by atoms with Crippen molar-refractivity contribution in [1.82, 2.24) is 5.32 Å². The van der Waals surface area contributed by atoms with Gasteiger partial charge in [-0.15, -0.1) is 0 Å². The van der Waals surface area contributed by atoms with Crippen molar-refractivity contribution in [3.05, 3.63) is 34.5 Å². The molecule has 136 valence electrons. The smallest absolute Gasteiger partial charge is 0.340 e. The normalized spacial score (nSPS) is 10.1. The van der Waals surface area contributed by atoms with Crippen molar-refractivity contribution in [1.29, 1.82) is 0 Å². The van der Waals surface area contributed by atoms with Gasteiger partial charge in [-0.1, -0.05) is 12.7 Å². The highest BCUT2D eigenvalue weighted by Crippen LogP contribution is 2.36. The molecular formula is C15H15I3N2O5. The fourth-order valence-corrected chi connectivity index (χ4v) is 6.16. The Morgan fingerprint density at radius 1 is 1.12 bits per heavy atom. The second-order valence-corrected chi connectivity index (χ2v) is 7.75. The third-order valence-corrected chi connectivity index (χ3v) is 6.08. The van der Waals surface area contributed by atoms with Crippen LogP contribution < -0.4 is 10.6 Å². The van der Waals surface area contributed by atoms with Gasteiger partial charge in [-0.05, 0) is 67.8 Å². The van der Waals surface area contributed by atoms with Gasteiger partial charge in [-0.2, -0.15) is 0 Å². The summed E-state index contributed by atoms with van der Waals surface area (Å²) < 4.78 is 11.4. The molecule has 1 aromatic carbocycles. The van der Waals surface area contributed by atoms with E-state index in [9.17, 15) is 14.4 Å². The van der Waals surface area contributed by atoms with Crippen molar-refractivity contribution in [2.45, 2.75) is 0 Å². The summed E-state index contributed by atoms with van der Waals surface area (Å²) in [5.74, 6) is -1.37. The first-order chi connectivity index (χ1) is 11.8. The Bertz CT molecular complexity index is 722. The molecule has 0 spiro atoms. The van der Waals surface area contributed by atoms with Crippen LogP contribution in [-0.2, 0) is 14.3 Å². The fraction of sp³-hybridized carbons (Fsp3) is 0.267. The van der Waals surface area contributed by atoms with E-state index >= 15 is 0 Å². The molecule has 0 fully saturated rings. The van der Waals surface area contributed by atoms with Crippen LogP contribution >= 0.6 is 67.8 Å². The first-order valence-electron chi connectivity index (χ1n) is 6.79. The maximum absolute atomic E-state index is 12.4. The van der Waals surface area contributed by atoms with Crippen LogP contribution in [0.5, 0.6) is 0 Å². The van der Waals surface area contributed by atoms with Gasteiger partial charge in [-0.25, -0.2) is 4.79 Å². The number of hydrogen-bond acceptors (Lipinski definition) is 5. The molecule has 0 atom stereocenters. The number of amides is 2. The van der Waals surface area contributed by atoms with Crippen LogP contribution in [0.4, 0.5) is 5.69 Å². The summed E-state index contributed by atoms with van der Waals surface area (Å²) in [5.41, 5.74) is 0.880. The summed E-state index contributed by atoms with van der Waals surface area (Å²) in [7, 11) is 2.89.